The number of carbonyl (C=O) groups is 2. The number of likely N-dealkylation sites (tertiary alicyclic amines) is 1. The molecule has 3 nitrogen and oxygen atoms in total. The SMILES string of the molecule is CC.Cc1ccc(CN2C(=O)C(C)C(C)C2=O)cc1. The van der Waals surface area contributed by atoms with Crippen molar-refractivity contribution in [3.63, 3.8) is 0 Å². The number of hydrogen-bond acceptors (Lipinski definition) is 2. The van der Waals surface area contributed by atoms with Crippen molar-refractivity contribution in [2.75, 3.05) is 0 Å². The fraction of sp³-hybridized carbons (Fsp3) is 0.500. The molecular weight excluding hydrogens is 238 g/mol. The molecule has 0 N–H and O–H groups in total. The first-order chi connectivity index (χ1) is 9.00. The van der Waals surface area contributed by atoms with Gasteiger partial charge in [0.05, 0.1) is 6.54 Å². The molecule has 1 aromatic rings. The van der Waals surface area contributed by atoms with Gasteiger partial charge < -0.3 is 0 Å². The van der Waals surface area contributed by atoms with Crippen LogP contribution in [0.1, 0.15) is 38.8 Å². The molecule has 2 amide bonds. The summed E-state index contributed by atoms with van der Waals surface area (Å²) in [6.07, 6.45) is 0. The van der Waals surface area contributed by atoms with Gasteiger partial charge in [-0.15, -0.1) is 0 Å². The van der Waals surface area contributed by atoms with Crippen LogP contribution < -0.4 is 0 Å². The monoisotopic (exact) mass is 261 g/mol. The third kappa shape index (κ3) is 3.22. The Hall–Kier alpha value is -1.64. The second kappa shape index (κ2) is 6.50. The zero-order valence-electron chi connectivity index (χ0n) is 12.4. The Kier molecular flexibility index (Phi) is 5.28. The van der Waals surface area contributed by atoms with E-state index in [4.69, 9.17) is 0 Å². The summed E-state index contributed by atoms with van der Waals surface area (Å²) in [7, 11) is 0. The summed E-state index contributed by atoms with van der Waals surface area (Å²) in [6.45, 7) is 10.0. The maximum absolute atomic E-state index is 11.9. The van der Waals surface area contributed by atoms with Gasteiger partial charge in [0.2, 0.25) is 11.8 Å². The summed E-state index contributed by atoms with van der Waals surface area (Å²) >= 11 is 0. The number of aryl methyl sites for hydroxylation is 1. The van der Waals surface area contributed by atoms with Gasteiger partial charge in [0.1, 0.15) is 0 Å². The molecule has 19 heavy (non-hydrogen) atoms. The Labute approximate surface area is 115 Å². The van der Waals surface area contributed by atoms with Crippen LogP contribution in [-0.4, -0.2) is 16.7 Å². The summed E-state index contributed by atoms with van der Waals surface area (Å²) in [5, 5.41) is 0. The minimum absolute atomic E-state index is 0.0527. The lowest BCUT2D eigenvalue weighted by Crippen LogP contribution is -2.30. The molecule has 2 rings (SSSR count). The van der Waals surface area contributed by atoms with Gasteiger partial charge in [0.25, 0.3) is 0 Å². The summed E-state index contributed by atoms with van der Waals surface area (Å²) in [6, 6.07) is 7.91. The van der Waals surface area contributed by atoms with E-state index in [1.165, 1.54) is 10.5 Å². The van der Waals surface area contributed by atoms with Crippen molar-refractivity contribution < 1.29 is 9.59 Å². The Morgan fingerprint density at radius 1 is 0.947 bits per heavy atom. The van der Waals surface area contributed by atoms with Gasteiger partial charge in [-0.25, -0.2) is 0 Å². The fourth-order valence-electron chi connectivity index (χ4n) is 2.06. The second-order valence-corrected chi connectivity index (χ2v) is 4.83. The van der Waals surface area contributed by atoms with E-state index in [1.54, 1.807) is 0 Å². The maximum Gasteiger partial charge on any atom is 0.233 e. The van der Waals surface area contributed by atoms with E-state index in [-0.39, 0.29) is 23.7 Å². The molecule has 1 heterocycles. The van der Waals surface area contributed by atoms with Gasteiger partial charge in [-0.2, -0.15) is 0 Å². The molecule has 0 aromatic heterocycles. The zero-order chi connectivity index (χ0) is 14.6. The van der Waals surface area contributed by atoms with Crippen molar-refractivity contribution in [1.29, 1.82) is 0 Å². The van der Waals surface area contributed by atoms with Crippen molar-refractivity contribution in [3.05, 3.63) is 35.4 Å². The standard InChI is InChI=1S/C14H17NO2.C2H6/c1-9-4-6-12(7-5-9)8-15-13(16)10(2)11(3)14(15)17;1-2/h4-7,10-11H,8H2,1-3H3;1-2H3. The largest absolute Gasteiger partial charge is 0.278 e. The van der Waals surface area contributed by atoms with E-state index in [0.29, 0.717) is 6.54 Å². The van der Waals surface area contributed by atoms with E-state index in [0.717, 1.165) is 5.56 Å². The van der Waals surface area contributed by atoms with Crippen molar-refractivity contribution in [2.45, 2.75) is 41.2 Å². The van der Waals surface area contributed by atoms with Gasteiger partial charge in [-0.05, 0) is 12.5 Å². The first-order valence-electron chi connectivity index (χ1n) is 6.91. The second-order valence-electron chi connectivity index (χ2n) is 4.83. The molecule has 2 atom stereocenters. The fourth-order valence-corrected chi connectivity index (χ4v) is 2.06. The quantitative estimate of drug-likeness (QED) is 0.767. The number of rotatable bonds is 2. The highest BCUT2D eigenvalue weighted by molar-refractivity contribution is 6.04. The lowest BCUT2D eigenvalue weighted by Gasteiger charge is -2.14. The highest BCUT2D eigenvalue weighted by atomic mass is 16.2. The van der Waals surface area contributed by atoms with Gasteiger partial charge in [-0.1, -0.05) is 57.5 Å². The minimum atomic E-state index is -0.187. The Morgan fingerprint density at radius 2 is 1.37 bits per heavy atom. The first-order valence-corrected chi connectivity index (χ1v) is 6.91. The number of imide groups is 1. The van der Waals surface area contributed by atoms with Gasteiger partial charge >= 0.3 is 0 Å². The molecule has 104 valence electrons. The van der Waals surface area contributed by atoms with Crippen LogP contribution in [0.5, 0.6) is 0 Å². The summed E-state index contributed by atoms with van der Waals surface area (Å²) in [5.41, 5.74) is 2.17. The zero-order valence-corrected chi connectivity index (χ0v) is 12.4. The Morgan fingerprint density at radius 3 is 1.79 bits per heavy atom. The molecule has 0 spiro atoms. The number of hydrogen-bond donors (Lipinski definition) is 0. The molecular formula is C16H23NO2. The lowest BCUT2D eigenvalue weighted by molar-refractivity contribution is -0.140. The molecule has 1 saturated heterocycles. The first kappa shape index (κ1) is 15.4. The average molecular weight is 261 g/mol. The normalized spacial score (nSPS) is 22.3. The lowest BCUT2D eigenvalue weighted by atomic mass is 10.00. The van der Waals surface area contributed by atoms with Gasteiger partial charge in [0.15, 0.2) is 0 Å². The van der Waals surface area contributed by atoms with Gasteiger partial charge in [0, 0.05) is 11.8 Å². The molecule has 2 unspecified atom stereocenters. The molecule has 3 heteroatoms. The molecule has 0 bridgehead atoms. The van der Waals surface area contributed by atoms with Crippen LogP contribution in [0.3, 0.4) is 0 Å². The molecule has 1 aliphatic rings. The molecule has 1 aromatic carbocycles. The molecule has 1 fully saturated rings. The minimum Gasteiger partial charge on any atom is -0.278 e. The number of carbonyl (C=O) groups excluding carboxylic acids is 2. The molecule has 1 aliphatic heterocycles. The van der Waals surface area contributed by atoms with Crippen LogP contribution in [0.15, 0.2) is 24.3 Å². The summed E-state index contributed by atoms with van der Waals surface area (Å²) in [5.74, 6) is -0.480. The maximum atomic E-state index is 11.9. The predicted octanol–water partition coefficient (Wildman–Crippen LogP) is 3.16. The molecule has 0 aliphatic carbocycles. The highest BCUT2D eigenvalue weighted by Gasteiger charge is 2.41. The third-order valence-corrected chi connectivity index (χ3v) is 3.52. The van der Waals surface area contributed by atoms with Gasteiger partial charge in [-0.3, -0.25) is 14.5 Å². The number of nitrogens with zero attached hydrogens (tertiary/aromatic N) is 1. The van der Waals surface area contributed by atoms with Crippen LogP contribution in [0.2, 0.25) is 0 Å². The van der Waals surface area contributed by atoms with Crippen molar-refractivity contribution in [2.24, 2.45) is 11.8 Å². The molecule has 0 saturated carbocycles. The highest BCUT2D eigenvalue weighted by Crippen LogP contribution is 2.26. The molecule has 0 radical (unpaired) electrons. The van der Waals surface area contributed by atoms with E-state index in [1.807, 2.05) is 58.9 Å². The Balaban J connectivity index is 0.000000861. The van der Waals surface area contributed by atoms with E-state index >= 15 is 0 Å². The van der Waals surface area contributed by atoms with Crippen molar-refractivity contribution >= 4 is 11.8 Å². The smallest absolute Gasteiger partial charge is 0.233 e. The third-order valence-electron chi connectivity index (χ3n) is 3.52. The van der Waals surface area contributed by atoms with E-state index in [2.05, 4.69) is 0 Å². The van der Waals surface area contributed by atoms with Crippen LogP contribution in [0, 0.1) is 18.8 Å². The number of amides is 2. The topological polar surface area (TPSA) is 37.4 Å². The van der Waals surface area contributed by atoms with E-state index in [9.17, 15) is 9.59 Å². The summed E-state index contributed by atoms with van der Waals surface area (Å²) < 4.78 is 0. The average Bonchev–Trinajstić information content (AvgIpc) is 2.61. The van der Waals surface area contributed by atoms with Crippen LogP contribution in [0.25, 0.3) is 0 Å². The van der Waals surface area contributed by atoms with Crippen LogP contribution >= 0.6 is 0 Å². The van der Waals surface area contributed by atoms with Crippen molar-refractivity contribution in [1.82, 2.24) is 4.90 Å². The van der Waals surface area contributed by atoms with Crippen molar-refractivity contribution in [3.8, 4) is 0 Å². The van der Waals surface area contributed by atoms with Crippen LogP contribution in [0.4, 0.5) is 0 Å². The number of benzene rings is 1. The van der Waals surface area contributed by atoms with E-state index < -0.39 is 0 Å². The van der Waals surface area contributed by atoms with Crippen LogP contribution in [-0.2, 0) is 16.1 Å². The Bertz CT molecular complexity index is 430. The predicted molar refractivity (Wildman–Crippen MR) is 76.4 cm³/mol. The summed E-state index contributed by atoms with van der Waals surface area (Å²) in [4.78, 5) is 25.2.